The number of anilines is 2. The maximum atomic E-state index is 13.1. The summed E-state index contributed by atoms with van der Waals surface area (Å²) in [6.07, 6.45) is 0.828. The Morgan fingerprint density at radius 2 is 2.12 bits per heavy atom. The van der Waals surface area contributed by atoms with Gasteiger partial charge in [-0.1, -0.05) is 20.4 Å². The van der Waals surface area contributed by atoms with Gasteiger partial charge in [-0.25, -0.2) is 4.98 Å². The second-order valence-electron chi connectivity index (χ2n) is 4.04. The number of aryl methyl sites for hydroxylation is 1. The number of hydrogen-bond acceptors (Lipinski definition) is 4. The summed E-state index contributed by atoms with van der Waals surface area (Å²) in [5, 5.41) is 0. The molecular weight excluding hydrogens is 207 g/mol. The van der Waals surface area contributed by atoms with Gasteiger partial charge in [-0.05, 0) is 19.0 Å². The quantitative estimate of drug-likeness (QED) is 0.796. The van der Waals surface area contributed by atoms with Gasteiger partial charge in [0, 0.05) is 6.54 Å². The highest BCUT2D eigenvalue weighted by Gasteiger charge is 2.14. The fourth-order valence-corrected chi connectivity index (χ4v) is 1.39. The number of halogens is 1. The maximum Gasteiger partial charge on any atom is 0.310 e. The second-order valence-corrected chi connectivity index (χ2v) is 4.04. The van der Waals surface area contributed by atoms with Gasteiger partial charge in [0.2, 0.25) is 0 Å². The smallest absolute Gasteiger partial charge is 0.310 e. The molecule has 0 aromatic carbocycles. The number of hydrogen-bond donors (Lipinski definition) is 1. The van der Waals surface area contributed by atoms with Gasteiger partial charge in [0.15, 0.2) is 5.82 Å². The van der Waals surface area contributed by atoms with E-state index in [1.807, 2.05) is 0 Å². The Hall–Kier alpha value is -1.65. The highest BCUT2D eigenvalue weighted by Crippen LogP contribution is 2.23. The van der Waals surface area contributed by atoms with E-state index in [-0.39, 0.29) is 0 Å². The fraction of sp³-hybridized carbons (Fsp3) is 0.455. The van der Waals surface area contributed by atoms with Crippen molar-refractivity contribution in [1.82, 2.24) is 9.97 Å². The minimum atomic E-state index is -0.766. The Morgan fingerprint density at radius 3 is 2.62 bits per heavy atom. The van der Waals surface area contributed by atoms with E-state index >= 15 is 0 Å². The number of nitrogens with two attached hydrogens (primary N) is 1. The van der Waals surface area contributed by atoms with Crippen LogP contribution in [0, 0.1) is 18.9 Å². The second kappa shape index (κ2) is 4.92. The molecule has 2 N–H and O–H groups in total. The summed E-state index contributed by atoms with van der Waals surface area (Å²) in [5.41, 5.74) is 6.66. The van der Waals surface area contributed by atoms with Crippen LogP contribution in [0.5, 0.6) is 0 Å². The van der Waals surface area contributed by atoms with Gasteiger partial charge in [-0.3, -0.25) is 0 Å². The Bertz CT molecular complexity index is 390. The molecular formula is C11H17FN4. The summed E-state index contributed by atoms with van der Waals surface area (Å²) >= 11 is 0. The maximum absolute atomic E-state index is 13.1. The number of rotatable bonds is 4. The van der Waals surface area contributed by atoms with E-state index in [1.165, 1.54) is 0 Å². The topological polar surface area (TPSA) is 55.0 Å². The van der Waals surface area contributed by atoms with Crippen molar-refractivity contribution < 1.29 is 4.39 Å². The van der Waals surface area contributed by atoms with Gasteiger partial charge in [-0.2, -0.15) is 9.37 Å². The molecule has 1 rings (SSSR count). The van der Waals surface area contributed by atoms with Crippen molar-refractivity contribution >= 4 is 11.5 Å². The summed E-state index contributed by atoms with van der Waals surface area (Å²) in [4.78, 5) is 9.01. The van der Waals surface area contributed by atoms with Gasteiger partial charge >= 0.3 is 6.08 Å². The highest BCUT2D eigenvalue weighted by molar-refractivity contribution is 5.65. The van der Waals surface area contributed by atoms with E-state index in [4.69, 9.17) is 5.73 Å². The van der Waals surface area contributed by atoms with Gasteiger partial charge in [0.25, 0.3) is 0 Å². The lowest BCUT2D eigenvalue weighted by Gasteiger charge is -2.22. The third-order valence-electron chi connectivity index (χ3n) is 2.14. The van der Waals surface area contributed by atoms with E-state index in [2.05, 4.69) is 30.4 Å². The van der Waals surface area contributed by atoms with Crippen molar-refractivity contribution in [3.63, 3.8) is 0 Å². The summed E-state index contributed by atoms with van der Waals surface area (Å²) < 4.78 is 13.1. The van der Waals surface area contributed by atoms with Crippen LogP contribution in [-0.4, -0.2) is 16.5 Å². The molecule has 0 amide bonds. The zero-order valence-electron chi connectivity index (χ0n) is 9.87. The van der Waals surface area contributed by atoms with Gasteiger partial charge in [-0.15, -0.1) is 0 Å². The SMILES string of the molecule is C=CN(CC(C)C)c1nc(F)nc(C)c1N. The highest BCUT2D eigenvalue weighted by atomic mass is 19.1. The molecule has 0 aliphatic heterocycles. The van der Waals surface area contributed by atoms with Gasteiger partial charge < -0.3 is 10.6 Å². The van der Waals surface area contributed by atoms with Crippen LogP contribution in [-0.2, 0) is 0 Å². The molecule has 1 heterocycles. The minimum Gasteiger partial charge on any atom is -0.394 e. The van der Waals surface area contributed by atoms with E-state index < -0.39 is 6.08 Å². The monoisotopic (exact) mass is 224 g/mol. The molecule has 1 aromatic rings. The van der Waals surface area contributed by atoms with Crippen LogP contribution in [0.3, 0.4) is 0 Å². The van der Waals surface area contributed by atoms with Crippen LogP contribution in [0.25, 0.3) is 0 Å². The molecule has 0 spiro atoms. The molecule has 1 aromatic heterocycles. The third-order valence-corrected chi connectivity index (χ3v) is 2.14. The van der Waals surface area contributed by atoms with Gasteiger partial charge in [0.05, 0.1) is 11.4 Å². The Labute approximate surface area is 95.0 Å². The number of aromatic nitrogens is 2. The molecule has 0 saturated heterocycles. The van der Waals surface area contributed by atoms with Crippen LogP contribution in [0.4, 0.5) is 15.9 Å². The van der Waals surface area contributed by atoms with Crippen molar-refractivity contribution in [1.29, 1.82) is 0 Å². The number of nitrogens with zero attached hydrogens (tertiary/aromatic N) is 3. The lowest BCUT2D eigenvalue weighted by molar-refractivity contribution is 0.533. The van der Waals surface area contributed by atoms with Crippen LogP contribution < -0.4 is 10.6 Å². The molecule has 4 nitrogen and oxygen atoms in total. The van der Waals surface area contributed by atoms with E-state index in [1.54, 1.807) is 18.0 Å². The van der Waals surface area contributed by atoms with Crippen LogP contribution in [0.1, 0.15) is 19.5 Å². The summed E-state index contributed by atoms with van der Waals surface area (Å²) in [6.45, 7) is 10.1. The molecule has 0 atom stereocenters. The molecule has 0 saturated carbocycles. The van der Waals surface area contributed by atoms with E-state index in [9.17, 15) is 4.39 Å². The Morgan fingerprint density at radius 1 is 1.50 bits per heavy atom. The van der Waals surface area contributed by atoms with Crippen LogP contribution in [0.2, 0.25) is 0 Å². The summed E-state index contributed by atoms with van der Waals surface area (Å²) in [7, 11) is 0. The molecule has 0 unspecified atom stereocenters. The van der Waals surface area contributed by atoms with Crippen molar-refractivity contribution in [3.8, 4) is 0 Å². The van der Waals surface area contributed by atoms with Crippen molar-refractivity contribution in [3.05, 3.63) is 24.6 Å². The summed E-state index contributed by atoms with van der Waals surface area (Å²) in [6, 6.07) is 0. The molecule has 0 fully saturated rings. The average molecular weight is 224 g/mol. The lowest BCUT2D eigenvalue weighted by Crippen LogP contribution is -2.24. The van der Waals surface area contributed by atoms with Crippen LogP contribution >= 0.6 is 0 Å². The third kappa shape index (κ3) is 2.68. The predicted octanol–water partition coefficient (Wildman–Crippen LogP) is 2.11. The van der Waals surface area contributed by atoms with Gasteiger partial charge in [0.1, 0.15) is 0 Å². The molecule has 16 heavy (non-hydrogen) atoms. The first-order chi connectivity index (χ1) is 7.45. The Balaban J connectivity index is 3.13. The van der Waals surface area contributed by atoms with E-state index in [0.717, 1.165) is 0 Å². The average Bonchev–Trinajstić information content (AvgIpc) is 2.20. The first-order valence-electron chi connectivity index (χ1n) is 5.14. The molecule has 0 radical (unpaired) electrons. The zero-order valence-corrected chi connectivity index (χ0v) is 9.87. The normalized spacial score (nSPS) is 10.6. The number of nitrogen functional groups attached to an aromatic ring is 1. The molecule has 0 bridgehead atoms. The minimum absolute atomic E-state index is 0.383. The largest absolute Gasteiger partial charge is 0.394 e. The fourth-order valence-electron chi connectivity index (χ4n) is 1.39. The summed E-state index contributed by atoms with van der Waals surface area (Å²) in [5.74, 6) is 0.782. The van der Waals surface area contributed by atoms with Crippen LogP contribution in [0.15, 0.2) is 12.8 Å². The van der Waals surface area contributed by atoms with Crippen molar-refractivity contribution in [2.75, 3.05) is 17.2 Å². The van der Waals surface area contributed by atoms with Crippen molar-refractivity contribution in [2.45, 2.75) is 20.8 Å². The molecule has 0 aliphatic carbocycles. The zero-order chi connectivity index (χ0) is 12.3. The molecule has 0 aliphatic rings. The van der Waals surface area contributed by atoms with E-state index in [0.29, 0.717) is 29.7 Å². The first kappa shape index (κ1) is 12.4. The first-order valence-corrected chi connectivity index (χ1v) is 5.14. The van der Waals surface area contributed by atoms with Crippen molar-refractivity contribution in [2.24, 2.45) is 5.92 Å². The molecule has 5 heteroatoms. The predicted molar refractivity (Wildman–Crippen MR) is 63.5 cm³/mol. The lowest BCUT2D eigenvalue weighted by atomic mass is 10.2. The Kier molecular flexibility index (Phi) is 3.82. The molecule has 88 valence electrons. The standard InChI is InChI=1S/C11H17FN4/c1-5-16(6-7(2)3)10-9(13)8(4)14-11(12)15-10/h5,7H,1,6,13H2,2-4H3.